The highest BCUT2D eigenvalue weighted by Gasteiger charge is 2.19. The van der Waals surface area contributed by atoms with Crippen LogP contribution in [0.5, 0.6) is 0 Å². The second-order valence-corrected chi connectivity index (χ2v) is 4.82. The molecular formula is C16H17N3O2. The van der Waals surface area contributed by atoms with Gasteiger partial charge in [0, 0.05) is 0 Å². The zero-order valence-electron chi connectivity index (χ0n) is 12.0. The van der Waals surface area contributed by atoms with E-state index < -0.39 is 0 Å². The molecule has 0 fully saturated rings. The van der Waals surface area contributed by atoms with Gasteiger partial charge in [-0.25, -0.2) is 0 Å². The summed E-state index contributed by atoms with van der Waals surface area (Å²) in [5.74, 6) is 0.640. The molecule has 108 valence electrons. The Morgan fingerprint density at radius 2 is 2.14 bits per heavy atom. The van der Waals surface area contributed by atoms with Crippen molar-refractivity contribution < 1.29 is 9.21 Å². The largest absolute Gasteiger partial charge is 0.468 e. The molecule has 1 aromatic heterocycles. The molecule has 5 nitrogen and oxygen atoms in total. The third-order valence-electron chi connectivity index (χ3n) is 3.33. The van der Waals surface area contributed by atoms with E-state index in [-0.39, 0.29) is 11.9 Å². The van der Waals surface area contributed by atoms with Crippen molar-refractivity contribution in [2.45, 2.75) is 19.5 Å². The molecule has 0 radical (unpaired) electrons. The average Bonchev–Trinajstić information content (AvgIpc) is 2.99. The van der Waals surface area contributed by atoms with Gasteiger partial charge in [-0.05, 0) is 38.2 Å². The van der Waals surface area contributed by atoms with Gasteiger partial charge in [0.15, 0.2) is 0 Å². The SMILES string of the molecule is CC(C(=O)Nc1ccccc1C#N)N(C)Cc1ccco1. The predicted molar refractivity (Wildman–Crippen MR) is 79.4 cm³/mol. The first kappa shape index (κ1) is 14.8. The van der Waals surface area contributed by atoms with Crippen LogP contribution in [0.4, 0.5) is 5.69 Å². The van der Waals surface area contributed by atoms with Crippen LogP contribution in [0.1, 0.15) is 18.2 Å². The first-order valence-electron chi connectivity index (χ1n) is 6.64. The van der Waals surface area contributed by atoms with Gasteiger partial charge < -0.3 is 9.73 Å². The van der Waals surface area contributed by atoms with Crippen LogP contribution in [-0.2, 0) is 11.3 Å². The summed E-state index contributed by atoms with van der Waals surface area (Å²) in [6.07, 6.45) is 1.61. The van der Waals surface area contributed by atoms with Gasteiger partial charge in [0.05, 0.1) is 30.1 Å². The predicted octanol–water partition coefficient (Wildman–Crippen LogP) is 2.61. The summed E-state index contributed by atoms with van der Waals surface area (Å²) >= 11 is 0. The fraction of sp³-hybridized carbons (Fsp3) is 0.250. The van der Waals surface area contributed by atoms with E-state index in [1.54, 1.807) is 30.5 Å². The number of rotatable bonds is 5. The minimum atomic E-state index is -0.346. The summed E-state index contributed by atoms with van der Waals surface area (Å²) in [5.41, 5.74) is 0.981. The van der Waals surface area contributed by atoms with Crippen molar-refractivity contribution >= 4 is 11.6 Å². The van der Waals surface area contributed by atoms with Crippen LogP contribution in [0.2, 0.25) is 0 Å². The van der Waals surface area contributed by atoms with E-state index in [4.69, 9.17) is 9.68 Å². The number of hydrogen-bond acceptors (Lipinski definition) is 4. The molecule has 0 aliphatic rings. The number of carbonyl (C=O) groups excluding carboxylic acids is 1. The molecule has 0 saturated heterocycles. The molecule has 21 heavy (non-hydrogen) atoms. The molecule has 0 aliphatic carbocycles. The number of anilines is 1. The van der Waals surface area contributed by atoms with Crippen LogP contribution in [0.25, 0.3) is 0 Å². The van der Waals surface area contributed by atoms with Gasteiger partial charge in [0.25, 0.3) is 0 Å². The topological polar surface area (TPSA) is 69.3 Å². The Morgan fingerprint density at radius 3 is 2.81 bits per heavy atom. The molecule has 1 unspecified atom stereocenters. The lowest BCUT2D eigenvalue weighted by atomic mass is 10.2. The number of nitrogens with one attached hydrogen (secondary N) is 1. The van der Waals surface area contributed by atoms with Crippen molar-refractivity contribution in [3.05, 3.63) is 54.0 Å². The molecule has 1 atom stereocenters. The van der Waals surface area contributed by atoms with Gasteiger partial charge in [0.2, 0.25) is 5.91 Å². The number of para-hydroxylation sites is 1. The molecule has 2 rings (SSSR count). The van der Waals surface area contributed by atoms with Crippen molar-refractivity contribution in [3.8, 4) is 6.07 Å². The molecule has 5 heteroatoms. The highest BCUT2D eigenvalue weighted by atomic mass is 16.3. The Bertz CT molecular complexity index is 644. The van der Waals surface area contributed by atoms with E-state index in [2.05, 4.69) is 11.4 Å². The second-order valence-electron chi connectivity index (χ2n) is 4.82. The quantitative estimate of drug-likeness (QED) is 0.915. The molecule has 1 amide bonds. The fourth-order valence-corrected chi connectivity index (χ4v) is 1.91. The van der Waals surface area contributed by atoms with Crippen molar-refractivity contribution in [3.63, 3.8) is 0 Å². The zero-order chi connectivity index (χ0) is 15.2. The monoisotopic (exact) mass is 283 g/mol. The minimum absolute atomic E-state index is 0.160. The highest BCUT2D eigenvalue weighted by Crippen LogP contribution is 2.15. The molecule has 2 aromatic rings. The zero-order valence-corrected chi connectivity index (χ0v) is 12.0. The summed E-state index contributed by atoms with van der Waals surface area (Å²) in [5, 5.41) is 11.8. The number of carbonyl (C=O) groups is 1. The van der Waals surface area contributed by atoms with E-state index >= 15 is 0 Å². The van der Waals surface area contributed by atoms with Crippen LogP contribution >= 0.6 is 0 Å². The smallest absolute Gasteiger partial charge is 0.241 e. The summed E-state index contributed by atoms with van der Waals surface area (Å²) in [6.45, 7) is 2.36. The van der Waals surface area contributed by atoms with Crippen molar-refractivity contribution in [2.75, 3.05) is 12.4 Å². The van der Waals surface area contributed by atoms with Gasteiger partial charge in [0.1, 0.15) is 11.8 Å². The Labute approximate surface area is 123 Å². The number of likely N-dealkylation sites (N-methyl/N-ethyl adjacent to an activating group) is 1. The van der Waals surface area contributed by atoms with Crippen LogP contribution in [0.15, 0.2) is 47.1 Å². The normalized spacial score (nSPS) is 11.9. The lowest BCUT2D eigenvalue weighted by Crippen LogP contribution is -2.39. The van der Waals surface area contributed by atoms with E-state index in [9.17, 15) is 4.79 Å². The Kier molecular flexibility index (Phi) is 4.75. The molecule has 0 spiro atoms. The van der Waals surface area contributed by atoms with Crippen molar-refractivity contribution in [2.24, 2.45) is 0 Å². The highest BCUT2D eigenvalue weighted by molar-refractivity contribution is 5.95. The van der Waals surface area contributed by atoms with Crippen LogP contribution in [0, 0.1) is 11.3 Å². The van der Waals surface area contributed by atoms with Gasteiger partial charge in [-0.15, -0.1) is 0 Å². The summed E-state index contributed by atoms with van der Waals surface area (Å²) in [4.78, 5) is 14.1. The standard InChI is InChI=1S/C16H17N3O2/c1-12(19(2)11-14-7-5-9-21-14)16(20)18-15-8-4-3-6-13(15)10-17/h3-9,12H,11H2,1-2H3,(H,18,20). The maximum Gasteiger partial charge on any atom is 0.241 e. The van der Waals surface area contributed by atoms with Gasteiger partial charge >= 0.3 is 0 Å². The summed E-state index contributed by atoms with van der Waals surface area (Å²) in [7, 11) is 1.85. The number of benzene rings is 1. The average molecular weight is 283 g/mol. The van der Waals surface area contributed by atoms with Crippen molar-refractivity contribution in [1.29, 1.82) is 5.26 Å². The van der Waals surface area contributed by atoms with Crippen LogP contribution < -0.4 is 5.32 Å². The third kappa shape index (κ3) is 3.71. The first-order valence-corrected chi connectivity index (χ1v) is 6.64. The van der Waals surface area contributed by atoms with E-state index in [0.717, 1.165) is 5.76 Å². The molecule has 0 saturated carbocycles. The van der Waals surface area contributed by atoms with E-state index in [0.29, 0.717) is 17.8 Å². The Balaban J connectivity index is 2.01. The van der Waals surface area contributed by atoms with Crippen LogP contribution in [0.3, 0.4) is 0 Å². The molecule has 0 bridgehead atoms. The maximum atomic E-state index is 12.3. The van der Waals surface area contributed by atoms with Crippen LogP contribution in [-0.4, -0.2) is 23.9 Å². The lowest BCUT2D eigenvalue weighted by molar-refractivity contribution is -0.120. The van der Waals surface area contributed by atoms with Gasteiger partial charge in [-0.3, -0.25) is 9.69 Å². The molecule has 1 heterocycles. The lowest BCUT2D eigenvalue weighted by Gasteiger charge is -2.23. The Hall–Kier alpha value is -2.58. The van der Waals surface area contributed by atoms with E-state index in [1.165, 1.54) is 0 Å². The maximum absolute atomic E-state index is 12.3. The number of amides is 1. The summed E-state index contributed by atoms with van der Waals surface area (Å²) in [6, 6.07) is 12.3. The first-order chi connectivity index (χ1) is 10.1. The van der Waals surface area contributed by atoms with E-state index in [1.807, 2.05) is 31.0 Å². The fourth-order valence-electron chi connectivity index (χ4n) is 1.91. The third-order valence-corrected chi connectivity index (χ3v) is 3.33. The Morgan fingerprint density at radius 1 is 1.38 bits per heavy atom. The number of nitriles is 1. The molecular weight excluding hydrogens is 266 g/mol. The number of furan rings is 1. The van der Waals surface area contributed by atoms with Gasteiger partial charge in [-0.2, -0.15) is 5.26 Å². The second kappa shape index (κ2) is 6.73. The molecule has 1 aromatic carbocycles. The minimum Gasteiger partial charge on any atom is -0.468 e. The number of hydrogen-bond donors (Lipinski definition) is 1. The summed E-state index contributed by atoms with van der Waals surface area (Å²) < 4.78 is 5.27. The molecule has 1 N–H and O–H groups in total. The molecule has 0 aliphatic heterocycles. The van der Waals surface area contributed by atoms with Crippen molar-refractivity contribution in [1.82, 2.24) is 4.90 Å². The number of nitrogens with zero attached hydrogens (tertiary/aromatic N) is 2. The van der Waals surface area contributed by atoms with Gasteiger partial charge in [-0.1, -0.05) is 12.1 Å².